The maximum atomic E-state index is 13.6. The lowest BCUT2D eigenvalue weighted by Crippen LogP contribution is -2.66. The Kier molecular flexibility index (Phi) is 20.1. The van der Waals surface area contributed by atoms with Crippen LogP contribution in [-0.2, 0) is 68.9 Å². The molecular formula is C28H44N2O28P6S. The minimum absolute atomic E-state index is 0.208. The molecule has 1 heterocycles. The van der Waals surface area contributed by atoms with E-state index in [0.717, 1.165) is 21.9 Å². The molecule has 30 nitrogen and oxygen atoms in total. The molecule has 1 amide bonds. The number of methoxy groups -OCH3 is 1. The summed E-state index contributed by atoms with van der Waals surface area (Å²) < 4.78 is 104. The van der Waals surface area contributed by atoms with Gasteiger partial charge in [0, 0.05) is 24.9 Å². The van der Waals surface area contributed by atoms with Crippen LogP contribution in [0.1, 0.15) is 17.7 Å². The molecule has 1 aliphatic carbocycles. The van der Waals surface area contributed by atoms with Crippen molar-refractivity contribution in [2.75, 3.05) is 39.2 Å². The molecule has 0 saturated heterocycles. The quantitative estimate of drug-likeness (QED) is 0.0702. The van der Waals surface area contributed by atoms with E-state index in [1.807, 2.05) is 67.5 Å². The van der Waals surface area contributed by atoms with Gasteiger partial charge >= 0.3 is 52.9 Å². The van der Waals surface area contributed by atoms with E-state index in [-0.39, 0.29) is 11.2 Å². The van der Waals surface area contributed by atoms with Gasteiger partial charge in [-0.2, -0.15) is 0 Å². The van der Waals surface area contributed by atoms with E-state index in [4.69, 9.17) is 68.2 Å². The van der Waals surface area contributed by atoms with Gasteiger partial charge in [0.1, 0.15) is 42.4 Å². The summed E-state index contributed by atoms with van der Waals surface area (Å²) in [4.78, 5) is 140. The van der Waals surface area contributed by atoms with Crippen LogP contribution in [0.5, 0.6) is 5.75 Å². The molecule has 0 radical (unpaired) electrons. The predicted molar refractivity (Wildman–Crippen MR) is 216 cm³/mol. The van der Waals surface area contributed by atoms with Crippen LogP contribution in [0.4, 0.5) is 5.69 Å². The molecule has 1 aliphatic heterocycles. The Hall–Kier alpha value is -1.85. The smallest absolute Gasteiger partial charge is 0.470 e. The number of anilines is 1. The first-order valence-electron chi connectivity index (χ1n) is 17.4. The summed E-state index contributed by atoms with van der Waals surface area (Å²) in [6, 6.07) is 15.4. The zero-order valence-corrected chi connectivity index (χ0v) is 39.7. The average molecular weight is 1070 g/mol. The van der Waals surface area contributed by atoms with Crippen molar-refractivity contribution < 1.29 is 132 Å². The molecule has 0 unspecified atom stereocenters. The van der Waals surface area contributed by atoms with Crippen molar-refractivity contribution in [3.05, 3.63) is 54.1 Å². The number of nitrogens with zero attached hydrogens (tertiary/aromatic N) is 2. The number of benzene rings is 2. The number of esters is 1. The first-order chi connectivity index (χ1) is 29.5. The van der Waals surface area contributed by atoms with Crippen molar-refractivity contribution in [2.45, 2.75) is 59.8 Å². The van der Waals surface area contributed by atoms with Crippen molar-refractivity contribution in [1.82, 2.24) is 4.90 Å². The lowest BCUT2D eigenvalue weighted by molar-refractivity contribution is -0.202. The number of likely N-dealkylation sites (N-methyl/N-ethyl adjacent to an activating group) is 1. The van der Waals surface area contributed by atoms with Crippen LogP contribution in [0.2, 0.25) is 0 Å². The lowest BCUT2D eigenvalue weighted by Gasteiger charge is -2.48. The molecule has 12 N–H and O–H groups in total. The maximum absolute atomic E-state index is 13.6. The molecule has 2 aliphatic rings. The fraction of sp³-hybridized carbons (Fsp3) is 0.500. The maximum Gasteiger partial charge on any atom is 0.470 e. The summed E-state index contributed by atoms with van der Waals surface area (Å²) >= 11 is 1.54. The molecule has 2 aromatic rings. The standard InChI is InChI=1S/C22H26N2O4S.C6H18O24P6/c1-15(25)28-20-21(16-9-11-17(27-4)12-10-16)29-19-8-6-5-7-18(19)24(22(20)26)14-13-23(2)3;7-31(8,9)25-1-2(26-32(10,11)12)4(28-34(16,17)18)6(30-36(22,23)24)5(29-35(19,20)21)3(1)27-33(13,14)15/h5-12,20-21H,13-14H2,1-4H3;1-6H,(H2,7,8,9)(H2,10,11,12)(H2,13,14,15)(H2,16,17,18)(H2,19,20,21)(H2,22,23,24)/t20-,21+;/m1./s1. The summed E-state index contributed by atoms with van der Waals surface area (Å²) in [6.07, 6.45) is -19.8. The molecule has 2 atom stereocenters. The van der Waals surface area contributed by atoms with Gasteiger partial charge in [-0.3, -0.25) is 36.7 Å². The first-order valence-corrected chi connectivity index (χ1v) is 27.5. The SMILES string of the molecule is COc1ccc([C@@H]2Sc3ccccc3N(CCN(C)C)C(=O)[C@@H]2OC(C)=O)cc1.O=P(O)(O)OC1C(OP(=O)(O)O)C(OP(=O)(O)O)C(OP(=O)(O)O)C(OP(=O)(O)O)C1OP(=O)(O)O. The van der Waals surface area contributed by atoms with E-state index in [1.165, 1.54) is 6.92 Å². The number of fused-ring (bicyclic) bond motifs is 1. The highest BCUT2D eigenvalue weighted by Gasteiger charge is 2.62. The number of hydrogen-bond acceptors (Lipinski definition) is 18. The Morgan fingerprint density at radius 2 is 0.969 bits per heavy atom. The zero-order chi connectivity index (χ0) is 49.7. The van der Waals surface area contributed by atoms with Gasteiger partial charge in [-0.1, -0.05) is 24.3 Å². The van der Waals surface area contributed by atoms with Gasteiger partial charge in [-0.15, -0.1) is 11.8 Å². The van der Waals surface area contributed by atoms with Gasteiger partial charge in [0.25, 0.3) is 5.91 Å². The predicted octanol–water partition coefficient (Wildman–Crippen LogP) is 0.236. The molecule has 0 spiro atoms. The molecule has 37 heteroatoms. The summed E-state index contributed by atoms with van der Waals surface area (Å²) in [6.45, 7) is 2.55. The average Bonchev–Trinajstić information content (AvgIpc) is 3.22. The molecule has 370 valence electrons. The van der Waals surface area contributed by atoms with Crippen molar-refractivity contribution in [2.24, 2.45) is 0 Å². The first kappa shape index (κ1) is 57.5. The number of carbonyl (C=O) groups is 2. The summed E-state index contributed by atoms with van der Waals surface area (Å²) in [5, 5.41) is -0.359. The number of hydrogen-bond donors (Lipinski definition) is 12. The fourth-order valence-corrected chi connectivity index (χ4v) is 10.7. The second-order valence-electron chi connectivity index (χ2n) is 13.5. The van der Waals surface area contributed by atoms with Crippen molar-refractivity contribution in [3.8, 4) is 5.75 Å². The van der Waals surface area contributed by atoms with Crippen LogP contribution in [0, 0.1) is 0 Å². The molecule has 0 aromatic heterocycles. The molecular weight excluding hydrogens is 1030 g/mol. The number of para-hydroxylation sites is 1. The number of rotatable bonds is 18. The van der Waals surface area contributed by atoms with E-state index in [9.17, 15) is 37.0 Å². The van der Waals surface area contributed by atoms with Crippen LogP contribution in [0.3, 0.4) is 0 Å². The van der Waals surface area contributed by atoms with E-state index in [2.05, 4.69) is 27.1 Å². The third-order valence-electron chi connectivity index (χ3n) is 8.20. The minimum Gasteiger partial charge on any atom is -0.497 e. The third-order valence-corrected chi connectivity index (χ3v) is 12.7. The van der Waals surface area contributed by atoms with Crippen LogP contribution in [0.15, 0.2) is 53.4 Å². The lowest BCUT2D eigenvalue weighted by atomic mass is 9.85. The van der Waals surface area contributed by atoms with Gasteiger partial charge in [-0.05, 0) is 43.9 Å². The number of carbonyl (C=O) groups excluding carboxylic acids is 2. The molecule has 2 aromatic carbocycles. The zero-order valence-electron chi connectivity index (χ0n) is 33.5. The van der Waals surface area contributed by atoms with Gasteiger partial charge < -0.3 is 78.0 Å². The van der Waals surface area contributed by atoms with Gasteiger partial charge in [0.05, 0.1) is 18.0 Å². The highest BCUT2D eigenvalue weighted by molar-refractivity contribution is 7.99. The Bertz CT molecular complexity index is 2030. The fourth-order valence-electron chi connectivity index (χ4n) is 6.03. The number of thioether (sulfide) groups is 1. The van der Waals surface area contributed by atoms with Crippen molar-refractivity contribution >= 4 is 76.3 Å². The monoisotopic (exact) mass is 1070 g/mol. The second-order valence-corrected chi connectivity index (χ2v) is 21.8. The topological polar surface area (TPSA) is 460 Å². The van der Waals surface area contributed by atoms with Gasteiger partial charge in [0.2, 0.25) is 0 Å². The highest BCUT2D eigenvalue weighted by Crippen LogP contribution is 2.57. The minimum atomic E-state index is -6.02. The number of ether oxygens (including phenoxy) is 2. The van der Waals surface area contributed by atoms with Crippen LogP contribution >= 0.6 is 58.7 Å². The van der Waals surface area contributed by atoms with E-state index < -0.39 is 95.6 Å². The van der Waals surface area contributed by atoms with E-state index >= 15 is 0 Å². The van der Waals surface area contributed by atoms with Gasteiger partial charge in [0.15, 0.2) is 6.10 Å². The van der Waals surface area contributed by atoms with Crippen LogP contribution < -0.4 is 9.64 Å². The highest BCUT2D eigenvalue weighted by atomic mass is 32.2. The number of amides is 1. The molecule has 1 saturated carbocycles. The normalized spacial score (nSPS) is 24.7. The third kappa shape index (κ3) is 19.2. The molecule has 4 rings (SSSR count). The summed E-state index contributed by atoms with van der Waals surface area (Å²) in [5.74, 6) is 0.0528. The summed E-state index contributed by atoms with van der Waals surface area (Å²) in [7, 11) is -30.6. The van der Waals surface area contributed by atoms with Crippen molar-refractivity contribution in [1.29, 1.82) is 0 Å². The van der Waals surface area contributed by atoms with Crippen molar-refractivity contribution in [3.63, 3.8) is 0 Å². The van der Waals surface area contributed by atoms with Crippen LogP contribution in [-0.4, -0.2) is 153 Å². The van der Waals surface area contributed by atoms with Gasteiger partial charge in [-0.25, -0.2) is 27.4 Å². The van der Waals surface area contributed by atoms with E-state index in [0.29, 0.717) is 13.1 Å². The van der Waals surface area contributed by atoms with Crippen LogP contribution in [0.25, 0.3) is 0 Å². The number of phosphoric ester groups is 6. The van der Waals surface area contributed by atoms with E-state index in [1.54, 1.807) is 23.8 Å². The Morgan fingerprint density at radius 3 is 1.28 bits per heavy atom. The molecule has 0 bridgehead atoms. The summed E-state index contributed by atoms with van der Waals surface area (Å²) in [5.41, 5.74) is 1.75. The molecule has 65 heavy (non-hydrogen) atoms. The second kappa shape index (κ2) is 22.7. The Morgan fingerprint density at radius 1 is 0.615 bits per heavy atom. The number of phosphoric acid groups is 6. The largest absolute Gasteiger partial charge is 0.497 e. The Labute approximate surface area is 371 Å². The molecule has 1 fully saturated rings. The Balaban J connectivity index is 0.000000352.